The number of rotatable bonds is 6. The molecule has 0 radical (unpaired) electrons. The lowest BCUT2D eigenvalue weighted by molar-refractivity contribution is 0.186. The number of aromatic nitrogens is 5. The van der Waals surface area contributed by atoms with E-state index in [1.54, 1.807) is 48.3 Å². The molecule has 3 heterocycles. The first-order chi connectivity index (χ1) is 12.3. The molecule has 0 saturated carbocycles. The molecule has 0 aliphatic heterocycles. The van der Waals surface area contributed by atoms with Crippen LogP contribution in [-0.4, -0.2) is 44.5 Å². The minimum atomic E-state index is 0.629. The lowest BCUT2D eigenvalue weighted by atomic mass is 10.3. The number of imidazole rings is 1. The van der Waals surface area contributed by atoms with Crippen LogP contribution >= 0.6 is 34.9 Å². The fourth-order valence-corrected chi connectivity index (χ4v) is 5.04. The van der Waals surface area contributed by atoms with Gasteiger partial charge in [-0.05, 0) is 30.2 Å². The predicted octanol–water partition coefficient (Wildman–Crippen LogP) is 3.96. The molecule has 0 aliphatic rings. The van der Waals surface area contributed by atoms with Gasteiger partial charge in [-0.2, -0.15) is 0 Å². The van der Waals surface area contributed by atoms with Crippen LogP contribution in [0, 0.1) is 0 Å². The zero-order valence-corrected chi connectivity index (χ0v) is 16.1. The van der Waals surface area contributed by atoms with Gasteiger partial charge in [0.25, 0.3) is 0 Å². The van der Waals surface area contributed by atoms with E-state index >= 15 is 0 Å². The molecule has 0 atom stereocenters. The molecular formula is C16H15N5OS3. The molecule has 0 spiro atoms. The summed E-state index contributed by atoms with van der Waals surface area (Å²) in [4.78, 5) is 18.1. The number of benzene rings is 1. The minimum absolute atomic E-state index is 0.629. The number of hydrogen-bond donors (Lipinski definition) is 0. The number of nitrogens with zero attached hydrogens (tertiary/aromatic N) is 5. The Balaban J connectivity index is 1.79. The fourth-order valence-electron chi connectivity index (χ4n) is 2.49. The molecule has 4 rings (SSSR count). The number of hydrogen-bond acceptors (Lipinski definition) is 8. The highest BCUT2D eigenvalue weighted by Gasteiger charge is 2.16. The summed E-state index contributed by atoms with van der Waals surface area (Å²) in [6.45, 7) is 1.37. The van der Waals surface area contributed by atoms with E-state index in [2.05, 4.69) is 25.6 Å². The number of methoxy groups -OCH3 is 1. The molecule has 4 aromatic rings. The highest BCUT2D eigenvalue weighted by molar-refractivity contribution is 8.00. The summed E-state index contributed by atoms with van der Waals surface area (Å²) in [5.74, 6) is 0. The molecule has 6 nitrogen and oxygen atoms in total. The van der Waals surface area contributed by atoms with Crippen molar-refractivity contribution in [2.75, 3.05) is 20.0 Å². The van der Waals surface area contributed by atoms with Crippen molar-refractivity contribution < 1.29 is 4.74 Å². The quantitative estimate of drug-likeness (QED) is 0.365. The van der Waals surface area contributed by atoms with Gasteiger partial charge in [0.2, 0.25) is 0 Å². The van der Waals surface area contributed by atoms with E-state index in [1.165, 1.54) is 0 Å². The van der Waals surface area contributed by atoms with Crippen molar-refractivity contribution in [2.24, 2.45) is 0 Å². The molecule has 0 saturated heterocycles. The molecule has 0 unspecified atom stereocenters. The van der Waals surface area contributed by atoms with Crippen LogP contribution in [0.2, 0.25) is 0 Å². The second-order valence-corrected chi connectivity index (χ2v) is 8.15. The normalized spacial score (nSPS) is 11.6. The van der Waals surface area contributed by atoms with Gasteiger partial charge in [0.15, 0.2) is 15.1 Å². The van der Waals surface area contributed by atoms with Crippen LogP contribution in [0.4, 0.5) is 0 Å². The maximum atomic E-state index is 5.26. The van der Waals surface area contributed by atoms with E-state index in [0.29, 0.717) is 6.61 Å². The molecule has 0 amide bonds. The van der Waals surface area contributed by atoms with E-state index < -0.39 is 0 Å². The Kier molecular flexibility index (Phi) is 4.89. The zero-order valence-electron chi connectivity index (χ0n) is 13.7. The summed E-state index contributed by atoms with van der Waals surface area (Å²) in [5, 5.41) is 1.79. The predicted molar refractivity (Wildman–Crippen MR) is 103 cm³/mol. The minimum Gasteiger partial charge on any atom is -0.383 e. The molecule has 0 aliphatic carbocycles. The molecule has 25 heavy (non-hydrogen) atoms. The topological polar surface area (TPSA) is 65.7 Å². The molecule has 1 aromatic carbocycles. The maximum Gasteiger partial charge on any atom is 0.175 e. The van der Waals surface area contributed by atoms with Crippen LogP contribution in [0.15, 0.2) is 45.1 Å². The average Bonchev–Trinajstić information content (AvgIpc) is 3.21. The van der Waals surface area contributed by atoms with E-state index in [9.17, 15) is 0 Å². The van der Waals surface area contributed by atoms with Gasteiger partial charge in [0, 0.05) is 13.7 Å². The van der Waals surface area contributed by atoms with Gasteiger partial charge in [-0.3, -0.25) is 0 Å². The Morgan fingerprint density at radius 1 is 1.20 bits per heavy atom. The highest BCUT2D eigenvalue weighted by Crippen LogP contribution is 2.36. The first-order valence-corrected chi connectivity index (χ1v) is 10.4. The standard InChI is InChI=1S/C16H15N5OS3/c1-22-8-7-21-11-6-4-3-5-10(11)19-15(21)25-14-12-13(17-9-18-14)20-16(23-2)24-12/h3-6,9H,7-8H2,1-2H3. The van der Waals surface area contributed by atoms with E-state index in [1.807, 2.05) is 24.5 Å². The molecule has 128 valence electrons. The van der Waals surface area contributed by atoms with Crippen molar-refractivity contribution in [2.45, 2.75) is 21.1 Å². The molecule has 0 N–H and O–H groups in total. The largest absolute Gasteiger partial charge is 0.383 e. The number of thioether (sulfide) groups is 1. The van der Waals surface area contributed by atoms with E-state index in [-0.39, 0.29) is 0 Å². The van der Waals surface area contributed by atoms with Gasteiger partial charge in [-0.25, -0.2) is 19.9 Å². The van der Waals surface area contributed by atoms with Gasteiger partial charge in [-0.1, -0.05) is 23.9 Å². The third kappa shape index (κ3) is 3.24. The smallest absolute Gasteiger partial charge is 0.175 e. The third-order valence-electron chi connectivity index (χ3n) is 3.64. The Morgan fingerprint density at radius 2 is 2.08 bits per heavy atom. The van der Waals surface area contributed by atoms with Crippen molar-refractivity contribution in [1.29, 1.82) is 0 Å². The van der Waals surface area contributed by atoms with Crippen LogP contribution < -0.4 is 0 Å². The third-order valence-corrected chi connectivity index (χ3v) is 6.80. The number of thiazole rings is 1. The van der Waals surface area contributed by atoms with Crippen LogP contribution in [0.5, 0.6) is 0 Å². The molecule has 3 aromatic heterocycles. The monoisotopic (exact) mass is 389 g/mol. The Bertz CT molecular complexity index is 1030. The zero-order chi connectivity index (χ0) is 17.2. The summed E-state index contributed by atoms with van der Waals surface area (Å²) in [6, 6.07) is 8.13. The van der Waals surface area contributed by atoms with Crippen molar-refractivity contribution in [3.05, 3.63) is 30.6 Å². The Hall–Kier alpha value is -1.68. The molecular weight excluding hydrogens is 374 g/mol. The van der Waals surface area contributed by atoms with Crippen molar-refractivity contribution in [1.82, 2.24) is 24.5 Å². The molecule has 0 bridgehead atoms. The number of ether oxygens (including phenoxy) is 1. The summed E-state index contributed by atoms with van der Waals surface area (Å²) in [7, 11) is 1.71. The van der Waals surface area contributed by atoms with Crippen LogP contribution in [-0.2, 0) is 11.3 Å². The van der Waals surface area contributed by atoms with E-state index in [4.69, 9.17) is 9.72 Å². The number of para-hydroxylation sites is 2. The van der Waals surface area contributed by atoms with Gasteiger partial charge >= 0.3 is 0 Å². The lowest BCUT2D eigenvalue weighted by Crippen LogP contribution is -2.05. The maximum absolute atomic E-state index is 5.26. The first-order valence-electron chi connectivity index (χ1n) is 7.57. The van der Waals surface area contributed by atoms with Crippen molar-refractivity contribution in [3.63, 3.8) is 0 Å². The Labute approximate surface area is 157 Å². The second-order valence-electron chi connectivity index (χ2n) is 5.15. The van der Waals surface area contributed by atoms with Gasteiger partial charge in [-0.15, -0.1) is 11.3 Å². The van der Waals surface area contributed by atoms with Crippen LogP contribution in [0.3, 0.4) is 0 Å². The van der Waals surface area contributed by atoms with Crippen LogP contribution in [0.1, 0.15) is 0 Å². The Morgan fingerprint density at radius 3 is 2.92 bits per heavy atom. The summed E-state index contributed by atoms with van der Waals surface area (Å²) >= 11 is 4.79. The van der Waals surface area contributed by atoms with Gasteiger partial charge in [0.05, 0.1) is 17.6 Å². The van der Waals surface area contributed by atoms with Crippen LogP contribution in [0.25, 0.3) is 21.4 Å². The van der Waals surface area contributed by atoms with Crippen molar-refractivity contribution in [3.8, 4) is 0 Å². The molecule has 0 fully saturated rings. The summed E-state index contributed by atoms with van der Waals surface area (Å²) in [6.07, 6.45) is 3.58. The second kappa shape index (κ2) is 7.28. The van der Waals surface area contributed by atoms with Gasteiger partial charge < -0.3 is 9.30 Å². The van der Waals surface area contributed by atoms with Crippen molar-refractivity contribution >= 4 is 56.2 Å². The SMILES string of the molecule is COCCn1c(Sc2ncnc3nc(SC)sc23)nc2ccccc21. The number of fused-ring (bicyclic) bond motifs is 2. The lowest BCUT2D eigenvalue weighted by Gasteiger charge is -2.07. The summed E-state index contributed by atoms with van der Waals surface area (Å²) < 4.78 is 9.43. The van der Waals surface area contributed by atoms with Gasteiger partial charge in [0.1, 0.15) is 16.1 Å². The first kappa shape index (κ1) is 16.8. The fraction of sp³-hybridized carbons (Fsp3) is 0.250. The summed E-state index contributed by atoms with van der Waals surface area (Å²) in [5.41, 5.74) is 2.81. The molecule has 9 heteroatoms. The average molecular weight is 390 g/mol. The van der Waals surface area contributed by atoms with E-state index in [0.717, 1.165) is 42.4 Å². The highest BCUT2D eigenvalue weighted by atomic mass is 32.2.